The average Bonchev–Trinajstić information content (AvgIpc) is 3.18. The number of hydrogen-bond donors (Lipinski definition) is 1. The van der Waals surface area contributed by atoms with Crippen LogP contribution < -0.4 is 14.7 Å². The topological polar surface area (TPSA) is 42.8 Å². The fraction of sp³-hybridized carbons (Fsp3) is 0.542. The quantitative estimate of drug-likeness (QED) is 0.862. The minimum atomic E-state index is 0.340. The van der Waals surface area contributed by atoms with E-state index in [0.717, 1.165) is 30.7 Å². The predicted octanol–water partition coefficient (Wildman–Crippen LogP) is 3.88. The maximum atomic E-state index is 9.65. The smallest absolute Gasteiger partial charge is 0.130 e. The summed E-state index contributed by atoms with van der Waals surface area (Å²) in [7, 11) is 0. The second-order valence-electron chi connectivity index (χ2n) is 9.45. The molecule has 5 aliphatic rings. The number of nitrogens with zero attached hydrogens (tertiary/aromatic N) is 4. The van der Waals surface area contributed by atoms with E-state index in [2.05, 4.69) is 39.0 Å². The van der Waals surface area contributed by atoms with Gasteiger partial charge in [0.1, 0.15) is 11.6 Å². The zero-order chi connectivity index (χ0) is 19.4. The van der Waals surface area contributed by atoms with E-state index in [9.17, 15) is 5.11 Å². The van der Waals surface area contributed by atoms with E-state index >= 15 is 0 Å². The summed E-state index contributed by atoms with van der Waals surface area (Å²) in [5, 5.41) is 9.65. The molecule has 7 rings (SSSR count). The van der Waals surface area contributed by atoms with E-state index in [1.54, 1.807) is 12.1 Å². The lowest BCUT2D eigenvalue weighted by Gasteiger charge is -2.48. The van der Waals surface area contributed by atoms with Crippen LogP contribution >= 0.6 is 0 Å². The van der Waals surface area contributed by atoms with E-state index in [-0.39, 0.29) is 0 Å². The summed E-state index contributed by atoms with van der Waals surface area (Å²) >= 11 is 0. The molecule has 0 radical (unpaired) electrons. The molecule has 4 aliphatic heterocycles. The largest absolute Gasteiger partial charge is 0.508 e. The highest BCUT2D eigenvalue weighted by Crippen LogP contribution is 2.42. The fourth-order valence-corrected chi connectivity index (χ4v) is 6.28. The van der Waals surface area contributed by atoms with Gasteiger partial charge in [0.15, 0.2) is 0 Å². The van der Waals surface area contributed by atoms with Gasteiger partial charge < -0.3 is 19.8 Å². The second-order valence-corrected chi connectivity index (χ2v) is 9.45. The molecule has 1 aromatic carbocycles. The van der Waals surface area contributed by atoms with Crippen LogP contribution in [0.25, 0.3) is 0 Å². The van der Waals surface area contributed by atoms with Crippen molar-refractivity contribution in [1.29, 1.82) is 0 Å². The molecule has 2 aromatic rings. The maximum absolute atomic E-state index is 9.65. The van der Waals surface area contributed by atoms with E-state index in [0.29, 0.717) is 17.8 Å². The summed E-state index contributed by atoms with van der Waals surface area (Å²) in [6.07, 6.45) is 8.51. The van der Waals surface area contributed by atoms with Crippen molar-refractivity contribution in [3.8, 4) is 5.75 Å². The molecule has 1 saturated carbocycles. The third-order valence-electron chi connectivity index (χ3n) is 7.67. The van der Waals surface area contributed by atoms with E-state index in [1.165, 1.54) is 56.6 Å². The molecule has 5 heteroatoms. The molecule has 1 N–H and O–H groups in total. The molecular formula is C24H30N4O. The van der Waals surface area contributed by atoms with Crippen LogP contribution in [0.5, 0.6) is 5.75 Å². The predicted molar refractivity (Wildman–Crippen MR) is 117 cm³/mol. The number of hydrogen-bond acceptors (Lipinski definition) is 5. The molecule has 0 amide bonds. The molecule has 2 atom stereocenters. The first kappa shape index (κ1) is 17.4. The first-order chi connectivity index (χ1) is 14.2. The first-order valence-corrected chi connectivity index (χ1v) is 11.3. The van der Waals surface area contributed by atoms with Crippen molar-refractivity contribution in [2.45, 2.75) is 44.2 Å². The number of anilines is 3. The van der Waals surface area contributed by atoms with Crippen molar-refractivity contribution < 1.29 is 5.11 Å². The molecule has 5 fully saturated rings. The van der Waals surface area contributed by atoms with Gasteiger partial charge in [-0.05, 0) is 74.3 Å². The van der Waals surface area contributed by atoms with E-state index in [4.69, 9.17) is 4.98 Å². The van der Waals surface area contributed by atoms with E-state index in [1.807, 2.05) is 6.20 Å². The lowest BCUT2D eigenvalue weighted by molar-refractivity contribution is 0.159. The van der Waals surface area contributed by atoms with E-state index < -0.39 is 0 Å². The molecule has 5 heterocycles. The summed E-state index contributed by atoms with van der Waals surface area (Å²) in [5.74, 6) is 3.33. The molecule has 0 spiro atoms. The summed E-state index contributed by atoms with van der Waals surface area (Å²) in [6.45, 7) is 4.62. The van der Waals surface area contributed by atoms with Crippen LogP contribution in [0.1, 0.15) is 32.1 Å². The van der Waals surface area contributed by atoms with Gasteiger partial charge >= 0.3 is 0 Å². The lowest BCUT2D eigenvalue weighted by Crippen LogP contribution is -2.50. The van der Waals surface area contributed by atoms with Gasteiger partial charge in [-0.2, -0.15) is 0 Å². The highest BCUT2D eigenvalue weighted by atomic mass is 16.3. The summed E-state index contributed by atoms with van der Waals surface area (Å²) in [6, 6.07) is 13.3. The molecule has 1 aliphatic carbocycles. The van der Waals surface area contributed by atoms with Gasteiger partial charge in [-0.3, -0.25) is 0 Å². The zero-order valence-corrected chi connectivity index (χ0v) is 17.0. The monoisotopic (exact) mass is 390 g/mol. The average molecular weight is 391 g/mol. The third-order valence-corrected chi connectivity index (χ3v) is 7.67. The van der Waals surface area contributed by atoms with Gasteiger partial charge in [-0.1, -0.05) is 0 Å². The molecule has 4 saturated heterocycles. The van der Waals surface area contributed by atoms with Gasteiger partial charge in [-0.15, -0.1) is 0 Å². The van der Waals surface area contributed by atoms with Gasteiger partial charge in [0.25, 0.3) is 0 Å². The Hall–Kier alpha value is -2.43. The Balaban J connectivity index is 1.23. The zero-order valence-electron chi connectivity index (χ0n) is 17.0. The Morgan fingerprint density at radius 1 is 0.828 bits per heavy atom. The molecule has 1 aromatic heterocycles. The Morgan fingerprint density at radius 3 is 2.38 bits per heavy atom. The van der Waals surface area contributed by atoms with Crippen LogP contribution in [0.4, 0.5) is 17.2 Å². The third kappa shape index (κ3) is 3.02. The summed E-state index contributed by atoms with van der Waals surface area (Å²) < 4.78 is 0. The Labute approximate surface area is 173 Å². The van der Waals surface area contributed by atoms with Gasteiger partial charge in [0.2, 0.25) is 0 Å². The Morgan fingerprint density at radius 2 is 1.59 bits per heavy atom. The molecule has 0 unspecified atom stereocenters. The second kappa shape index (κ2) is 6.82. The van der Waals surface area contributed by atoms with Crippen molar-refractivity contribution >= 4 is 17.2 Å². The number of fused-ring (bicyclic) bond motifs is 3. The molecular weight excluding hydrogens is 360 g/mol. The van der Waals surface area contributed by atoms with Crippen LogP contribution in [-0.4, -0.2) is 48.4 Å². The number of pyridine rings is 1. The minimum absolute atomic E-state index is 0.340. The highest BCUT2D eigenvalue weighted by Gasteiger charge is 2.41. The molecule has 5 nitrogen and oxygen atoms in total. The van der Waals surface area contributed by atoms with Crippen LogP contribution in [0.15, 0.2) is 42.6 Å². The Bertz CT molecular complexity index is 869. The number of phenols is 1. The van der Waals surface area contributed by atoms with Crippen molar-refractivity contribution in [3.63, 3.8) is 0 Å². The fourth-order valence-electron chi connectivity index (χ4n) is 6.28. The number of benzene rings is 1. The number of aromatic hydroxyl groups is 1. The molecule has 152 valence electrons. The van der Waals surface area contributed by atoms with Crippen LogP contribution in [0.2, 0.25) is 0 Å². The van der Waals surface area contributed by atoms with Crippen LogP contribution in [-0.2, 0) is 0 Å². The van der Waals surface area contributed by atoms with Crippen molar-refractivity contribution in [1.82, 2.24) is 4.98 Å². The van der Waals surface area contributed by atoms with Crippen molar-refractivity contribution in [3.05, 3.63) is 42.6 Å². The van der Waals surface area contributed by atoms with Crippen molar-refractivity contribution in [2.75, 3.05) is 40.9 Å². The first-order valence-electron chi connectivity index (χ1n) is 11.3. The summed E-state index contributed by atoms with van der Waals surface area (Å²) in [4.78, 5) is 12.5. The summed E-state index contributed by atoms with van der Waals surface area (Å²) in [5.41, 5.74) is 2.59. The van der Waals surface area contributed by atoms with Crippen LogP contribution in [0, 0.1) is 11.8 Å². The lowest BCUT2D eigenvalue weighted by atomic mass is 9.71. The number of phenolic OH excluding ortho intramolecular Hbond substituents is 1. The van der Waals surface area contributed by atoms with Gasteiger partial charge in [0.05, 0.1) is 12.1 Å². The highest BCUT2D eigenvalue weighted by molar-refractivity contribution is 5.58. The normalized spacial score (nSPS) is 30.8. The number of aromatic nitrogens is 1. The SMILES string of the molecule is Oc1ccc(N2CCC[C@@H]3[C@H]2CCN3c2cc(N3CC4CC(C4)C3)ccn2)cc1. The maximum Gasteiger partial charge on any atom is 0.130 e. The Kier molecular flexibility index (Phi) is 4.10. The number of piperidine rings is 3. The van der Waals surface area contributed by atoms with Gasteiger partial charge in [0, 0.05) is 49.8 Å². The standard InChI is InChI=1S/C24H30N4O/c29-21-5-3-19(4-6-21)27-10-1-2-22-23(27)8-11-28(22)24-14-20(7-9-25-24)26-15-17-12-18(13-17)16-26/h3-7,9,14,17-18,22-23,29H,1-2,8,10-13,15-16H2/t17?,18?,22-,23-/m1/s1. The van der Waals surface area contributed by atoms with Crippen LogP contribution in [0.3, 0.4) is 0 Å². The van der Waals surface area contributed by atoms with Gasteiger partial charge in [-0.25, -0.2) is 4.98 Å². The molecule has 29 heavy (non-hydrogen) atoms. The minimum Gasteiger partial charge on any atom is -0.508 e. The van der Waals surface area contributed by atoms with Crippen molar-refractivity contribution in [2.24, 2.45) is 11.8 Å². The molecule has 2 bridgehead atoms. The number of rotatable bonds is 3.